The second-order valence-corrected chi connectivity index (χ2v) is 4.29. The fraction of sp³-hybridized carbons (Fsp3) is 0.188. The lowest BCUT2D eigenvalue weighted by atomic mass is 9.92. The molecule has 0 bridgehead atoms. The largest absolute Gasteiger partial charge is 0.497 e. The minimum absolute atomic E-state index is 0.00850. The maximum absolute atomic E-state index is 11.3. The molecule has 3 heteroatoms. The highest BCUT2D eigenvalue weighted by molar-refractivity contribution is 5.68. The van der Waals surface area contributed by atoms with Gasteiger partial charge in [0.05, 0.1) is 19.6 Å². The third kappa shape index (κ3) is 3.01. The first-order chi connectivity index (χ1) is 9.28. The van der Waals surface area contributed by atoms with Crippen LogP contribution < -0.4 is 4.74 Å². The predicted molar refractivity (Wildman–Crippen MR) is 73.3 cm³/mol. The van der Waals surface area contributed by atoms with Gasteiger partial charge in [-0.1, -0.05) is 36.4 Å². The summed E-state index contributed by atoms with van der Waals surface area (Å²) in [5, 5.41) is 9.02. The van der Waals surface area contributed by atoms with E-state index in [1.807, 2.05) is 48.5 Å². The van der Waals surface area contributed by atoms with E-state index in [9.17, 15) is 4.79 Å². The summed E-state index contributed by atoms with van der Waals surface area (Å²) in [5.41, 5.74) is 2.67. The van der Waals surface area contributed by atoms with Crippen molar-refractivity contribution < 1.29 is 14.6 Å². The summed E-state index contributed by atoms with van der Waals surface area (Å²) in [6, 6.07) is 14.9. The molecule has 0 aromatic heterocycles. The summed E-state index contributed by atoms with van der Waals surface area (Å²) in [6.45, 7) is 0.00850. The van der Waals surface area contributed by atoms with Crippen molar-refractivity contribution in [1.82, 2.24) is 0 Å². The van der Waals surface area contributed by atoms with Gasteiger partial charge in [-0.05, 0) is 28.8 Å². The first-order valence-electron chi connectivity index (χ1n) is 6.07. The van der Waals surface area contributed by atoms with Gasteiger partial charge in [0, 0.05) is 0 Å². The lowest BCUT2D eigenvalue weighted by molar-refractivity contribution is -0.108. The van der Waals surface area contributed by atoms with Crippen molar-refractivity contribution in [1.29, 1.82) is 0 Å². The van der Waals surface area contributed by atoms with Crippen molar-refractivity contribution in [2.24, 2.45) is 0 Å². The Balaban J connectivity index is 2.29. The van der Waals surface area contributed by atoms with Crippen LogP contribution in [0.1, 0.15) is 22.6 Å². The smallest absolute Gasteiger partial charge is 0.131 e. The van der Waals surface area contributed by atoms with E-state index < -0.39 is 0 Å². The Bertz CT molecular complexity index is 481. The summed E-state index contributed by atoms with van der Waals surface area (Å²) >= 11 is 0. The number of aldehydes is 1. The van der Waals surface area contributed by atoms with Gasteiger partial charge in [0.2, 0.25) is 0 Å². The van der Waals surface area contributed by atoms with Crippen LogP contribution in [0, 0.1) is 0 Å². The van der Waals surface area contributed by atoms with Gasteiger partial charge in [-0.2, -0.15) is 0 Å². The number of benzene rings is 2. The molecule has 0 aliphatic carbocycles. The second kappa shape index (κ2) is 6.16. The third-order valence-electron chi connectivity index (χ3n) is 3.13. The first-order valence-corrected chi connectivity index (χ1v) is 6.07. The lowest BCUT2D eigenvalue weighted by Crippen LogP contribution is -2.02. The first kappa shape index (κ1) is 13.3. The maximum Gasteiger partial charge on any atom is 0.131 e. The number of hydrogen-bond donors (Lipinski definition) is 1. The van der Waals surface area contributed by atoms with Crippen LogP contribution in [0.5, 0.6) is 5.75 Å². The molecule has 3 nitrogen and oxygen atoms in total. The van der Waals surface area contributed by atoms with Crippen LogP contribution in [0.25, 0.3) is 0 Å². The number of aliphatic hydroxyl groups is 1. The van der Waals surface area contributed by atoms with Gasteiger partial charge in [-0.15, -0.1) is 0 Å². The van der Waals surface area contributed by atoms with Crippen molar-refractivity contribution >= 4 is 6.29 Å². The summed E-state index contributed by atoms with van der Waals surface area (Å²) in [6.07, 6.45) is 0.926. The van der Waals surface area contributed by atoms with E-state index in [4.69, 9.17) is 9.84 Å². The van der Waals surface area contributed by atoms with Crippen molar-refractivity contribution in [3.8, 4) is 5.75 Å². The van der Waals surface area contributed by atoms with Gasteiger partial charge in [-0.3, -0.25) is 0 Å². The van der Waals surface area contributed by atoms with Crippen LogP contribution in [-0.2, 0) is 11.4 Å². The number of carbonyl (C=O) groups is 1. The van der Waals surface area contributed by atoms with E-state index in [1.165, 1.54) is 0 Å². The van der Waals surface area contributed by atoms with Gasteiger partial charge in [0.15, 0.2) is 0 Å². The second-order valence-electron chi connectivity index (χ2n) is 4.29. The van der Waals surface area contributed by atoms with Crippen LogP contribution in [0.15, 0.2) is 48.5 Å². The highest BCUT2D eigenvalue weighted by Gasteiger charge is 2.13. The Hall–Kier alpha value is -2.13. The molecule has 0 fully saturated rings. The quantitative estimate of drug-likeness (QED) is 0.836. The van der Waals surface area contributed by atoms with Crippen molar-refractivity contribution in [3.05, 3.63) is 65.2 Å². The zero-order valence-corrected chi connectivity index (χ0v) is 10.7. The number of methoxy groups -OCH3 is 1. The Morgan fingerprint density at radius 2 is 1.58 bits per heavy atom. The molecule has 1 unspecified atom stereocenters. The maximum atomic E-state index is 11.3. The van der Waals surface area contributed by atoms with E-state index >= 15 is 0 Å². The molecule has 98 valence electrons. The molecule has 0 spiro atoms. The molecule has 2 aromatic rings. The third-order valence-corrected chi connectivity index (χ3v) is 3.13. The minimum atomic E-state index is -0.293. The lowest BCUT2D eigenvalue weighted by Gasteiger charge is -2.12. The Morgan fingerprint density at radius 1 is 1.05 bits per heavy atom. The molecule has 0 aliphatic heterocycles. The molecule has 0 saturated carbocycles. The van der Waals surface area contributed by atoms with Crippen LogP contribution in [0.3, 0.4) is 0 Å². The molecule has 2 aromatic carbocycles. The molecular formula is C16H16O3. The molecule has 0 saturated heterocycles. The van der Waals surface area contributed by atoms with Gasteiger partial charge in [0.25, 0.3) is 0 Å². The van der Waals surface area contributed by atoms with E-state index in [0.717, 1.165) is 28.7 Å². The molecule has 0 heterocycles. The van der Waals surface area contributed by atoms with Crippen LogP contribution in [-0.4, -0.2) is 18.5 Å². The predicted octanol–water partition coefficient (Wildman–Crippen LogP) is 2.52. The number of carbonyl (C=O) groups excluding carboxylic acids is 1. The Labute approximate surface area is 112 Å². The highest BCUT2D eigenvalue weighted by Crippen LogP contribution is 2.24. The van der Waals surface area contributed by atoms with Gasteiger partial charge in [0.1, 0.15) is 12.0 Å². The van der Waals surface area contributed by atoms with E-state index in [1.54, 1.807) is 7.11 Å². The molecule has 0 aliphatic rings. The normalized spacial score (nSPS) is 11.9. The number of ether oxygens (including phenoxy) is 1. The fourth-order valence-corrected chi connectivity index (χ4v) is 1.99. The molecule has 1 N–H and O–H groups in total. The van der Waals surface area contributed by atoms with Crippen molar-refractivity contribution in [2.45, 2.75) is 12.5 Å². The van der Waals surface area contributed by atoms with E-state index in [2.05, 4.69) is 0 Å². The van der Waals surface area contributed by atoms with Crippen molar-refractivity contribution in [2.75, 3.05) is 7.11 Å². The molecule has 2 rings (SSSR count). The topological polar surface area (TPSA) is 46.5 Å². The molecule has 0 radical (unpaired) electrons. The summed E-state index contributed by atoms with van der Waals surface area (Å²) < 4.78 is 5.10. The standard InChI is InChI=1S/C16H16O3/c1-19-15-8-6-14(7-9-15)16(11-18)13-4-2-12(10-17)3-5-13/h2-9,11,16-17H,10H2,1H3. The fourth-order valence-electron chi connectivity index (χ4n) is 1.99. The average molecular weight is 256 g/mol. The Kier molecular flexibility index (Phi) is 4.31. The highest BCUT2D eigenvalue weighted by atomic mass is 16.5. The van der Waals surface area contributed by atoms with Crippen molar-refractivity contribution in [3.63, 3.8) is 0 Å². The molecule has 0 amide bonds. The number of rotatable bonds is 5. The number of hydrogen-bond acceptors (Lipinski definition) is 3. The molecule has 19 heavy (non-hydrogen) atoms. The van der Waals surface area contributed by atoms with Crippen LogP contribution in [0.4, 0.5) is 0 Å². The molecule has 1 atom stereocenters. The van der Waals surface area contributed by atoms with Crippen LogP contribution in [0.2, 0.25) is 0 Å². The minimum Gasteiger partial charge on any atom is -0.497 e. The summed E-state index contributed by atoms with van der Waals surface area (Å²) in [7, 11) is 1.61. The molecular weight excluding hydrogens is 240 g/mol. The average Bonchev–Trinajstić information content (AvgIpc) is 2.49. The zero-order chi connectivity index (χ0) is 13.7. The zero-order valence-electron chi connectivity index (χ0n) is 10.7. The monoisotopic (exact) mass is 256 g/mol. The number of aliphatic hydroxyl groups excluding tert-OH is 1. The SMILES string of the molecule is COc1ccc(C(C=O)c2ccc(CO)cc2)cc1. The van der Waals surface area contributed by atoms with Gasteiger partial charge >= 0.3 is 0 Å². The Morgan fingerprint density at radius 3 is 2.00 bits per heavy atom. The summed E-state index contributed by atoms with van der Waals surface area (Å²) in [5.74, 6) is 0.475. The van der Waals surface area contributed by atoms with Crippen LogP contribution >= 0.6 is 0 Å². The van der Waals surface area contributed by atoms with E-state index in [0.29, 0.717) is 0 Å². The summed E-state index contributed by atoms with van der Waals surface area (Å²) in [4.78, 5) is 11.3. The van der Waals surface area contributed by atoms with Gasteiger partial charge < -0.3 is 14.6 Å². The van der Waals surface area contributed by atoms with E-state index in [-0.39, 0.29) is 12.5 Å². The van der Waals surface area contributed by atoms with Gasteiger partial charge in [-0.25, -0.2) is 0 Å².